The summed E-state index contributed by atoms with van der Waals surface area (Å²) in [5.74, 6) is 0.158. The van der Waals surface area contributed by atoms with Crippen LogP contribution < -0.4 is 10.6 Å². The van der Waals surface area contributed by atoms with E-state index in [0.29, 0.717) is 24.6 Å². The molecule has 1 heterocycles. The molecule has 25 heavy (non-hydrogen) atoms. The topological polar surface area (TPSA) is 74.2 Å². The number of aromatic nitrogens is 1. The molecule has 0 bridgehead atoms. The van der Waals surface area contributed by atoms with Crippen molar-refractivity contribution in [3.05, 3.63) is 59.9 Å². The number of pyridine rings is 1. The second kappa shape index (κ2) is 8.62. The van der Waals surface area contributed by atoms with Crippen molar-refractivity contribution >= 4 is 11.6 Å². The Labute approximate surface area is 148 Å². The molecule has 132 valence electrons. The molecule has 1 atom stereocenters. The third kappa shape index (κ3) is 4.79. The maximum Gasteiger partial charge on any atom is 0.253 e. The fourth-order valence-corrected chi connectivity index (χ4v) is 3.34. The standard InChI is InChI=1S/C20H25N3O2/c24-19(16-7-1-2-8-16)14-23-20(25)17-9-3-4-10-18(17)22-13-15-6-5-11-21-12-15/h3-6,9-12,16,19,22,24H,1-2,7-8,13-14H2,(H,23,25). The molecule has 0 spiro atoms. The average Bonchev–Trinajstić information content (AvgIpc) is 3.20. The molecule has 5 nitrogen and oxygen atoms in total. The Balaban J connectivity index is 1.58. The number of nitrogens with zero attached hydrogens (tertiary/aromatic N) is 1. The lowest BCUT2D eigenvalue weighted by Crippen LogP contribution is -2.35. The summed E-state index contributed by atoms with van der Waals surface area (Å²) in [6, 6.07) is 11.3. The van der Waals surface area contributed by atoms with E-state index in [2.05, 4.69) is 15.6 Å². The molecule has 1 saturated carbocycles. The number of amides is 1. The molecule has 3 N–H and O–H groups in total. The number of aliphatic hydroxyl groups is 1. The quantitative estimate of drug-likeness (QED) is 0.725. The largest absolute Gasteiger partial charge is 0.391 e. The number of hydrogen-bond acceptors (Lipinski definition) is 4. The van der Waals surface area contributed by atoms with E-state index in [-0.39, 0.29) is 5.91 Å². The summed E-state index contributed by atoms with van der Waals surface area (Å²) < 4.78 is 0. The molecule has 1 aromatic carbocycles. The highest BCUT2D eigenvalue weighted by Gasteiger charge is 2.23. The van der Waals surface area contributed by atoms with Crippen LogP contribution in [0, 0.1) is 5.92 Å². The van der Waals surface area contributed by atoms with E-state index in [1.165, 1.54) is 12.8 Å². The molecular weight excluding hydrogens is 314 g/mol. The van der Waals surface area contributed by atoms with Crippen molar-refractivity contribution in [2.45, 2.75) is 38.3 Å². The van der Waals surface area contributed by atoms with Crippen LogP contribution in [0.5, 0.6) is 0 Å². The number of carbonyl (C=O) groups excluding carboxylic acids is 1. The summed E-state index contributed by atoms with van der Waals surface area (Å²) >= 11 is 0. The number of nitrogens with one attached hydrogen (secondary N) is 2. The molecule has 1 aromatic heterocycles. The molecule has 1 aliphatic rings. The van der Waals surface area contributed by atoms with Gasteiger partial charge in [0.1, 0.15) is 0 Å². The van der Waals surface area contributed by atoms with Crippen LogP contribution in [0.4, 0.5) is 5.69 Å². The van der Waals surface area contributed by atoms with Crippen LogP contribution >= 0.6 is 0 Å². The molecule has 2 aromatic rings. The number of rotatable bonds is 7. The van der Waals surface area contributed by atoms with Crippen molar-refractivity contribution in [1.82, 2.24) is 10.3 Å². The maximum atomic E-state index is 12.5. The van der Waals surface area contributed by atoms with E-state index in [0.717, 1.165) is 24.1 Å². The maximum absolute atomic E-state index is 12.5. The Morgan fingerprint density at radius 1 is 1.20 bits per heavy atom. The average molecular weight is 339 g/mol. The lowest BCUT2D eigenvalue weighted by molar-refractivity contribution is 0.0841. The van der Waals surface area contributed by atoms with Gasteiger partial charge in [-0.1, -0.05) is 31.0 Å². The van der Waals surface area contributed by atoms with E-state index in [1.807, 2.05) is 30.3 Å². The van der Waals surface area contributed by atoms with Crippen molar-refractivity contribution in [1.29, 1.82) is 0 Å². The minimum absolute atomic E-state index is 0.161. The SMILES string of the molecule is O=C(NCC(O)C1CCCC1)c1ccccc1NCc1cccnc1. The molecule has 5 heteroatoms. The first-order valence-corrected chi connectivity index (χ1v) is 8.92. The molecule has 1 aliphatic carbocycles. The molecule has 1 unspecified atom stereocenters. The minimum atomic E-state index is -0.457. The lowest BCUT2D eigenvalue weighted by Gasteiger charge is -2.19. The van der Waals surface area contributed by atoms with Crippen LogP contribution in [0.25, 0.3) is 0 Å². The van der Waals surface area contributed by atoms with E-state index < -0.39 is 6.10 Å². The smallest absolute Gasteiger partial charge is 0.253 e. The highest BCUT2D eigenvalue weighted by atomic mass is 16.3. The molecule has 1 amide bonds. The Bertz CT molecular complexity index is 684. The van der Waals surface area contributed by atoms with Crippen molar-refractivity contribution < 1.29 is 9.90 Å². The van der Waals surface area contributed by atoms with Crippen molar-refractivity contribution in [3.8, 4) is 0 Å². The van der Waals surface area contributed by atoms with Crippen LogP contribution in [0.15, 0.2) is 48.8 Å². The summed E-state index contributed by atoms with van der Waals surface area (Å²) in [5.41, 5.74) is 2.42. The zero-order valence-electron chi connectivity index (χ0n) is 14.3. The van der Waals surface area contributed by atoms with Crippen molar-refractivity contribution in [2.24, 2.45) is 5.92 Å². The van der Waals surface area contributed by atoms with Gasteiger partial charge in [-0.2, -0.15) is 0 Å². The third-order valence-electron chi connectivity index (χ3n) is 4.79. The Morgan fingerprint density at radius 3 is 2.76 bits per heavy atom. The van der Waals surface area contributed by atoms with Gasteiger partial charge in [0.25, 0.3) is 5.91 Å². The number of carbonyl (C=O) groups is 1. The summed E-state index contributed by atoms with van der Waals surface area (Å²) in [7, 11) is 0. The van der Waals surface area contributed by atoms with Crippen LogP contribution in [-0.2, 0) is 6.54 Å². The van der Waals surface area contributed by atoms with E-state index >= 15 is 0 Å². The first kappa shape index (κ1) is 17.4. The summed E-state index contributed by atoms with van der Waals surface area (Å²) in [6.07, 6.45) is 7.55. The third-order valence-corrected chi connectivity index (χ3v) is 4.79. The van der Waals surface area contributed by atoms with Gasteiger partial charge in [-0.05, 0) is 42.5 Å². The summed E-state index contributed by atoms with van der Waals surface area (Å²) in [5, 5.41) is 16.4. The summed E-state index contributed by atoms with van der Waals surface area (Å²) in [4.78, 5) is 16.6. The normalized spacial score (nSPS) is 15.7. The number of para-hydroxylation sites is 1. The van der Waals surface area contributed by atoms with Crippen LogP contribution in [0.3, 0.4) is 0 Å². The molecule has 1 fully saturated rings. The van der Waals surface area contributed by atoms with Gasteiger partial charge in [0, 0.05) is 31.2 Å². The van der Waals surface area contributed by atoms with Gasteiger partial charge in [-0.25, -0.2) is 0 Å². The predicted octanol–water partition coefficient (Wildman–Crippen LogP) is 2.97. The van der Waals surface area contributed by atoms with Gasteiger partial charge in [-0.3, -0.25) is 9.78 Å². The molecule has 0 aliphatic heterocycles. The molecular formula is C20H25N3O2. The lowest BCUT2D eigenvalue weighted by atomic mass is 10.0. The van der Waals surface area contributed by atoms with Crippen LogP contribution in [0.2, 0.25) is 0 Å². The number of anilines is 1. The minimum Gasteiger partial charge on any atom is -0.391 e. The van der Waals surface area contributed by atoms with Gasteiger partial charge in [0.2, 0.25) is 0 Å². The van der Waals surface area contributed by atoms with Gasteiger partial charge < -0.3 is 15.7 Å². The first-order valence-electron chi connectivity index (χ1n) is 8.92. The first-order chi connectivity index (χ1) is 12.2. The van der Waals surface area contributed by atoms with E-state index in [1.54, 1.807) is 18.5 Å². The van der Waals surface area contributed by atoms with Gasteiger partial charge in [-0.15, -0.1) is 0 Å². The van der Waals surface area contributed by atoms with Gasteiger partial charge in [0.05, 0.1) is 11.7 Å². The fourth-order valence-electron chi connectivity index (χ4n) is 3.34. The van der Waals surface area contributed by atoms with Gasteiger partial charge >= 0.3 is 0 Å². The monoisotopic (exact) mass is 339 g/mol. The zero-order valence-corrected chi connectivity index (χ0v) is 14.3. The second-order valence-electron chi connectivity index (χ2n) is 6.58. The highest BCUT2D eigenvalue weighted by Crippen LogP contribution is 2.27. The number of benzene rings is 1. The Morgan fingerprint density at radius 2 is 2.00 bits per heavy atom. The molecule has 0 radical (unpaired) electrons. The number of aliphatic hydroxyl groups excluding tert-OH is 1. The summed E-state index contributed by atoms with van der Waals surface area (Å²) in [6.45, 7) is 0.906. The second-order valence-corrected chi connectivity index (χ2v) is 6.58. The van der Waals surface area contributed by atoms with Gasteiger partial charge in [0.15, 0.2) is 0 Å². The molecule has 0 saturated heterocycles. The Hall–Kier alpha value is -2.40. The zero-order chi connectivity index (χ0) is 17.5. The molecule has 3 rings (SSSR count). The Kier molecular flexibility index (Phi) is 6.01. The van der Waals surface area contributed by atoms with Crippen LogP contribution in [-0.4, -0.2) is 28.6 Å². The van der Waals surface area contributed by atoms with E-state index in [9.17, 15) is 9.90 Å². The highest BCUT2D eigenvalue weighted by molar-refractivity contribution is 5.99. The van der Waals surface area contributed by atoms with E-state index in [4.69, 9.17) is 0 Å². The predicted molar refractivity (Wildman–Crippen MR) is 98.3 cm³/mol. The van der Waals surface area contributed by atoms with Crippen molar-refractivity contribution in [3.63, 3.8) is 0 Å². The van der Waals surface area contributed by atoms with Crippen LogP contribution in [0.1, 0.15) is 41.6 Å². The van der Waals surface area contributed by atoms with Crippen molar-refractivity contribution in [2.75, 3.05) is 11.9 Å². The number of hydrogen-bond donors (Lipinski definition) is 3. The fraction of sp³-hybridized carbons (Fsp3) is 0.400.